The van der Waals surface area contributed by atoms with Crippen molar-refractivity contribution in [1.29, 1.82) is 0 Å². The number of nitrogen functional groups attached to an aromatic ring is 1. The highest BCUT2D eigenvalue weighted by atomic mass is 35.5. The minimum Gasteiger partial charge on any atom is -0.397 e. The molecule has 2 atom stereocenters. The van der Waals surface area contributed by atoms with Crippen LogP contribution < -0.4 is 37.7 Å². The fourth-order valence-corrected chi connectivity index (χ4v) is 4.31. The Morgan fingerprint density at radius 1 is 1.09 bits per heavy atom. The summed E-state index contributed by atoms with van der Waals surface area (Å²) in [5.74, 6) is 2.07. The normalized spacial score (nSPS) is 20.8. The number of nitrogens with one attached hydrogen (secondary N) is 3. The number of rotatable bonds is 6. The zero-order valence-corrected chi connectivity index (χ0v) is 19.9. The van der Waals surface area contributed by atoms with Crippen LogP contribution in [0.5, 0.6) is 0 Å². The van der Waals surface area contributed by atoms with Gasteiger partial charge in [-0.25, -0.2) is 0 Å². The van der Waals surface area contributed by atoms with Crippen LogP contribution >= 0.6 is 11.6 Å². The van der Waals surface area contributed by atoms with E-state index >= 15 is 0 Å². The molecule has 0 saturated heterocycles. The molecule has 0 bridgehead atoms. The molecule has 1 aromatic carbocycles. The summed E-state index contributed by atoms with van der Waals surface area (Å²) in [7, 11) is 0. The number of halogens is 1. The van der Waals surface area contributed by atoms with Crippen LogP contribution in [0.4, 0.5) is 34.6 Å². The number of anilines is 6. The number of hydrogen-bond acceptors (Lipinski definition) is 9. The Kier molecular flexibility index (Phi) is 6.50. The van der Waals surface area contributed by atoms with Crippen molar-refractivity contribution >= 4 is 46.2 Å². The van der Waals surface area contributed by atoms with E-state index in [1.165, 1.54) is 6.42 Å². The molecule has 9 nitrogen and oxygen atoms in total. The van der Waals surface area contributed by atoms with Gasteiger partial charge in [-0.15, -0.1) is 5.53 Å². The third-order valence-electron chi connectivity index (χ3n) is 5.98. The van der Waals surface area contributed by atoms with E-state index < -0.39 is 0 Å². The number of benzene rings is 1. The largest absolute Gasteiger partial charge is 0.397 e. The highest BCUT2D eigenvalue weighted by Crippen LogP contribution is 2.41. The molecule has 0 amide bonds. The van der Waals surface area contributed by atoms with Gasteiger partial charge >= 0.3 is 0 Å². The Morgan fingerprint density at radius 3 is 2.47 bits per heavy atom. The van der Waals surface area contributed by atoms with Gasteiger partial charge in [0.15, 0.2) is 11.6 Å². The first-order chi connectivity index (χ1) is 15.2. The van der Waals surface area contributed by atoms with Crippen LogP contribution in [0.1, 0.15) is 53.4 Å². The average Bonchev–Trinajstić information content (AvgIpc) is 3.13. The van der Waals surface area contributed by atoms with Gasteiger partial charge in [0.2, 0.25) is 5.95 Å². The fraction of sp³-hybridized carbons (Fsp3) is 0.545. The van der Waals surface area contributed by atoms with Crippen molar-refractivity contribution in [2.45, 2.75) is 77.5 Å². The van der Waals surface area contributed by atoms with Crippen LogP contribution in [0.25, 0.3) is 0 Å². The van der Waals surface area contributed by atoms with Gasteiger partial charge in [-0.3, -0.25) is 10.0 Å². The van der Waals surface area contributed by atoms with Crippen LogP contribution in [0.15, 0.2) is 18.2 Å². The van der Waals surface area contributed by atoms with Crippen LogP contribution in [-0.4, -0.2) is 34.1 Å². The molecule has 0 radical (unpaired) electrons. The predicted molar refractivity (Wildman–Crippen MR) is 133 cm³/mol. The summed E-state index contributed by atoms with van der Waals surface area (Å²) < 4.78 is 0. The topological polar surface area (TPSA) is 120 Å². The summed E-state index contributed by atoms with van der Waals surface area (Å²) in [6, 6.07) is 6.10. The van der Waals surface area contributed by atoms with E-state index in [9.17, 15) is 0 Å². The lowest BCUT2D eigenvalue weighted by molar-refractivity contribution is 0.402. The number of nitrogens with two attached hydrogens (primary N) is 2. The molecule has 4 rings (SSSR count). The maximum absolute atomic E-state index is 6.38. The molecule has 10 heteroatoms. The second-order valence-electron chi connectivity index (χ2n) is 9.16. The molecule has 0 spiro atoms. The van der Waals surface area contributed by atoms with Crippen molar-refractivity contribution in [3.05, 3.63) is 23.2 Å². The van der Waals surface area contributed by atoms with E-state index in [1.54, 1.807) is 6.07 Å². The van der Waals surface area contributed by atoms with Crippen LogP contribution in [0.2, 0.25) is 5.02 Å². The molecule has 1 fully saturated rings. The highest BCUT2D eigenvalue weighted by Gasteiger charge is 2.35. The zero-order chi connectivity index (χ0) is 23.0. The molecule has 174 valence electrons. The summed E-state index contributed by atoms with van der Waals surface area (Å²) in [4.78, 5) is 9.78. The third kappa shape index (κ3) is 4.51. The molecule has 32 heavy (non-hydrogen) atoms. The van der Waals surface area contributed by atoms with Crippen LogP contribution in [0, 0.1) is 0 Å². The highest BCUT2D eigenvalue weighted by molar-refractivity contribution is 6.33. The summed E-state index contributed by atoms with van der Waals surface area (Å²) in [5, 5.41) is 11.6. The minimum absolute atomic E-state index is 0.0968. The Bertz CT molecular complexity index is 965. The average molecular weight is 460 g/mol. The number of hydrogen-bond donors (Lipinski definition) is 5. The molecule has 1 aromatic heterocycles. The molecule has 2 heterocycles. The Morgan fingerprint density at radius 2 is 1.81 bits per heavy atom. The fourth-order valence-electron chi connectivity index (χ4n) is 4.19. The van der Waals surface area contributed by atoms with E-state index in [-0.39, 0.29) is 24.2 Å². The molecular weight excluding hydrogens is 426 g/mol. The van der Waals surface area contributed by atoms with E-state index in [2.05, 4.69) is 53.9 Å². The van der Waals surface area contributed by atoms with Crippen molar-refractivity contribution in [2.24, 2.45) is 5.73 Å². The van der Waals surface area contributed by atoms with Gasteiger partial charge < -0.3 is 22.1 Å². The lowest BCUT2D eigenvalue weighted by Crippen LogP contribution is -2.50. The smallest absolute Gasteiger partial charge is 0.227 e. The van der Waals surface area contributed by atoms with Gasteiger partial charge in [-0.2, -0.15) is 9.97 Å². The number of hydrazine groups is 2. The van der Waals surface area contributed by atoms with Crippen molar-refractivity contribution in [2.75, 3.05) is 26.4 Å². The third-order valence-corrected chi connectivity index (χ3v) is 6.32. The van der Waals surface area contributed by atoms with Crippen molar-refractivity contribution in [3.8, 4) is 0 Å². The summed E-state index contributed by atoms with van der Waals surface area (Å²) in [5.41, 5.74) is 18.1. The van der Waals surface area contributed by atoms with Gasteiger partial charge in [0.05, 0.1) is 10.7 Å². The van der Waals surface area contributed by atoms with Crippen molar-refractivity contribution in [1.82, 2.24) is 15.5 Å². The summed E-state index contributed by atoms with van der Waals surface area (Å²) in [6.07, 6.45) is 4.36. The Hall–Kier alpha value is -2.49. The molecule has 1 aliphatic carbocycles. The Labute approximate surface area is 194 Å². The molecule has 1 saturated carbocycles. The molecule has 2 aliphatic rings. The maximum Gasteiger partial charge on any atom is 0.227 e. The van der Waals surface area contributed by atoms with E-state index in [1.807, 2.05) is 12.1 Å². The number of aromatic nitrogens is 2. The molecular formula is C22H34ClN9. The molecule has 1 aliphatic heterocycles. The first kappa shape index (κ1) is 22.7. The van der Waals surface area contributed by atoms with Gasteiger partial charge in [0.25, 0.3) is 0 Å². The van der Waals surface area contributed by atoms with Gasteiger partial charge in [-0.1, -0.05) is 24.4 Å². The maximum atomic E-state index is 6.38. The minimum atomic E-state index is 0.0968. The SMILES string of the molecule is CC(C)N1NN(C(C)C)c2c(Nc3ccc(Cl)c(N)c3)nc(NC3CCCCC3N)nc21. The summed E-state index contributed by atoms with van der Waals surface area (Å²) >= 11 is 6.12. The van der Waals surface area contributed by atoms with Gasteiger partial charge in [0, 0.05) is 29.9 Å². The van der Waals surface area contributed by atoms with Gasteiger partial charge in [0.1, 0.15) is 5.69 Å². The first-order valence-electron chi connectivity index (χ1n) is 11.4. The second kappa shape index (κ2) is 9.17. The first-order valence-corrected chi connectivity index (χ1v) is 11.7. The molecule has 7 N–H and O–H groups in total. The second-order valence-corrected chi connectivity index (χ2v) is 9.56. The monoisotopic (exact) mass is 459 g/mol. The standard InChI is InChI=1S/C22H34ClN9/c1-12(2)31-19-20(26-14-9-10-15(23)17(25)11-14)28-22(27-18-8-6-5-7-16(18)24)29-21(19)32(30-31)13(3)4/h9-13,16,18,30H,5-8,24-25H2,1-4H3,(H2,26,27,28,29). The predicted octanol–water partition coefficient (Wildman–Crippen LogP) is 4.00. The lowest BCUT2D eigenvalue weighted by Gasteiger charge is -2.29. The number of fused-ring (bicyclic) bond motifs is 1. The quantitative estimate of drug-likeness (QED) is 0.408. The molecule has 2 unspecified atom stereocenters. The zero-order valence-electron chi connectivity index (χ0n) is 19.2. The lowest BCUT2D eigenvalue weighted by atomic mass is 9.91. The number of nitrogens with zero attached hydrogens (tertiary/aromatic N) is 4. The van der Waals surface area contributed by atoms with Gasteiger partial charge in [-0.05, 0) is 58.7 Å². The van der Waals surface area contributed by atoms with E-state index in [0.717, 1.165) is 36.5 Å². The van der Waals surface area contributed by atoms with Crippen LogP contribution in [-0.2, 0) is 0 Å². The van der Waals surface area contributed by atoms with E-state index in [0.29, 0.717) is 22.5 Å². The van der Waals surface area contributed by atoms with Crippen molar-refractivity contribution < 1.29 is 0 Å². The van der Waals surface area contributed by atoms with E-state index in [4.69, 9.17) is 33.0 Å². The van der Waals surface area contributed by atoms with Crippen molar-refractivity contribution in [3.63, 3.8) is 0 Å². The Balaban J connectivity index is 1.77. The van der Waals surface area contributed by atoms with Crippen LogP contribution in [0.3, 0.4) is 0 Å². The molecule has 2 aromatic rings. The summed E-state index contributed by atoms with van der Waals surface area (Å²) in [6.45, 7) is 8.50.